The number of nitrogens with one attached hydrogen (secondary N) is 3. The molecule has 0 fully saturated rings. The van der Waals surface area contributed by atoms with Crippen molar-refractivity contribution in [3.05, 3.63) is 76.6 Å². The molecular formula is C19H15F3N6O4. The van der Waals surface area contributed by atoms with Gasteiger partial charge in [-0.3, -0.25) is 25.8 Å². The molecule has 0 radical (unpaired) electrons. The van der Waals surface area contributed by atoms with Gasteiger partial charge in [0.2, 0.25) is 11.6 Å². The van der Waals surface area contributed by atoms with Crippen LogP contribution in [0.5, 0.6) is 5.75 Å². The molecule has 0 bridgehead atoms. The molecule has 0 saturated heterocycles. The fourth-order valence-corrected chi connectivity index (χ4v) is 2.48. The molecule has 3 N–H and O–H groups in total. The second-order valence-corrected chi connectivity index (χ2v) is 6.16. The van der Waals surface area contributed by atoms with E-state index in [2.05, 4.69) is 26.1 Å². The standard InChI is InChI=1S/C19H15F3N6O4/c20-19(21,22)12-5-4-6-13(9-12)25-17-16(28(30)31)18(24-11-23-17)27-26-15(29)10-32-14-7-2-1-3-8-14/h1-9,11H,10H2,(H,26,29)(H2,23,24,25,27). The third-order valence-corrected chi connectivity index (χ3v) is 3.89. The Morgan fingerprint density at radius 3 is 2.47 bits per heavy atom. The molecule has 1 aromatic heterocycles. The lowest BCUT2D eigenvalue weighted by atomic mass is 10.2. The van der Waals surface area contributed by atoms with Crippen LogP contribution < -0.4 is 20.9 Å². The van der Waals surface area contributed by atoms with Crippen LogP contribution in [0.25, 0.3) is 0 Å². The number of carbonyl (C=O) groups excluding carboxylic acids is 1. The minimum absolute atomic E-state index is 0.0760. The molecular weight excluding hydrogens is 433 g/mol. The van der Waals surface area contributed by atoms with E-state index in [1.54, 1.807) is 30.3 Å². The number of hydrogen-bond donors (Lipinski definition) is 3. The summed E-state index contributed by atoms with van der Waals surface area (Å²) in [6, 6.07) is 12.6. The van der Waals surface area contributed by atoms with Crippen molar-refractivity contribution in [3.8, 4) is 5.75 Å². The lowest BCUT2D eigenvalue weighted by Crippen LogP contribution is -2.34. The van der Waals surface area contributed by atoms with Crippen LogP contribution in [0, 0.1) is 10.1 Å². The summed E-state index contributed by atoms with van der Waals surface area (Å²) in [6.45, 7) is -0.384. The predicted octanol–water partition coefficient (Wildman–Crippen LogP) is 3.67. The third kappa shape index (κ3) is 5.81. The van der Waals surface area contributed by atoms with Gasteiger partial charge in [0, 0.05) is 5.69 Å². The fourth-order valence-electron chi connectivity index (χ4n) is 2.48. The van der Waals surface area contributed by atoms with Crippen molar-refractivity contribution in [2.45, 2.75) is 6.18 Å². The van der Waals surface area contributed by atoms with Crippen LogP contribution in [0.1, 0.15) is 5.56 Å². The smallest absolute Gasteiger partial charge is 0.416 e. The largest absolute Gasteiger partial charge is 0.484 e. The van der Waals surface area contributed by atoms with Crippen molar-refractivity contribution in [2.24, 2.45) is 0 Å². The molecule has 10 nitrogen and oxygen atoms in total. The van der Waals surface area contributed by atoms with E-state index < -0.39 is 28.3 Å². The van der Waals surface area contributed by atoms with E-state index in [0.717, 1.165) is 24.5 Å². The first-order valence-corrected chi connectivity index (χ1v) is 8.90. The first-order valence-electron chi connectivity index (χ1n) is 8.90. The van der Waals surface area contributed by atoms with Gasteiger partial charge in [0.05, 0.1) is 10.5 Å². The highest BCUT2D eigenvalue weighted by atomic mass is 19.4. The van der Waals surface area contributed by atoms with Crippen molar-refractivity contribution >= 4 is 28.9 Å². The summed E-state index contributed by atoms with van der Waals surface area (Å²) in [5.41, 5.74) is 2.80. The SMILES string of the molecule is O=C(COc1ccccc1)NNc1ncnc(Nc2cccc(C(F)(F)F)c2)c1[N+](=O)[O-]. The van der Waals surface area contributed by atoms with E-state index in [9.17, 15) is 28.1 Å². The highest BCUT2D eigenvalue weighted by Gasteiger charge is 2.31. The second-order valence-electron chi connectivity index (χ2n) is 6.16. The number of halogens is 3. The monoisotopic (exact) mass is 448 g/mol. The zero-order valence-electron chi connectivity index (χ0n) is 16.1. The number of hydrogen-bond acceptors (Lipinski definition) is 8. The van der Waals surface area contributed by atoms with Crippen LogP contribution in [0.4, 0.5) is 36.2 Å². The first kappa shape index (κ1) is 22.3. The minimum Gasteiger partial charge on any atom is -0.484 e. The van der Waals surface area contributed by atoms with Gasteiger partial charge >= 0.3 is 11.9 Å². The number of hydrazine groups is 1. The van der Waals surface area contributed by atoms with Gasteiger partial charge in [-0.1, -0.05) is 24.3 Å². The molecule has 32 heavy (non-hydrogen) atoms. The highest BCUT2D eigenvalue weighted by Crippen LogP contribution is 2.34. The molecule has 0 atom stereocenters. The molecule has 2 aromatic carbocycles. The second kappa shape index (κ2) is 9.59. The number of amides is 1. The van der Waals surface area contributed by atoms with Crippen LogP contribution in [-0.2, 0) is 11.0 Å². The highest BCUT2D eigenvalue weighted by molar-refractivity contribution is 5.80. The van der Waals surface area contributed by atoms with E-state index >= 15 is 0 Å². The van der Waals surface area contributed by atoms with E-state index in [4.69, 9.17) is 4.74 Å². The van der Waals surface area contributed by atoms with E-state index in [-0.39, 0.29) is 23.9 Å². The number of nitro groups is 1. The Labute approximate surface area is 178 Å². The van der Waals surface area contributed by atoms with Gasteiger partial charge in [-0.2, -0.15) is 13.2 Å². The Balaban J connectivity index is 1.72. The van der Waals surface area contributed by atoms with Gasteiger partial charge < -0.3 is 10.1 Å². The van der Waals surface area contributed by atoms with Crippen LogP contribution >= 0.6 is 0 Å². The average molecular weight is 448 g/mol. The maximum Gasteiger partial charge on any atom is 0.416 e. The Hall–Kier alpha value is -4.42. The lowest BCUT2D eigenvalue weighted by molar-refractivity contribution is -0.383. The Bertz CT molecular complexity index is 1110. The fraction of sp³-hybridized carbons (Fsp3) is 0.105. The molecule has 0 saturated carbocycles. The molecule has 13 heteroatoms. The molecule has 0 aliphatic carbocycles. The first-order chi connectivity index (χ1) is 15.2. The van der Waals surface area contributed by atoms with E-state index in [0.29, 0.717) is 5.75 Å². The van der Waals surface area contributed by atoms with Gasteiger partial charge in [0.1, 0.15) is 12.1 Å². The molecule has 1 heterocycles. The molecule has 0 aliphatic heterocycles. The number of nitrogens with zero attached hydrogens (tertiary/aromatic N) is 3. The quantitative estimate of drug-likeness (QED) is 0.351. The summed E-state index contributed by atoms with van der Waals surface area (Å²) in [4.78, 5) is 30.1. The number of ether oxygens (including phenoxy) is 1. The average Bonchev–Trinajstić information content (AvgIpc) is 2.76. The molecule has 1 amide bonds. The molecule has 3 rings (SSSR count). The van der Waals surface area contributed by atoms with E-state index in [1.165, 1.54) is 6.07 Å². The van der Waals surface area contributed by atoms with Crippen LogP contribution in [0.15, 0.2) is 60.9 Å². The zero-order chi connectivity index (χ0) is 23.1. The van der Waals surface area contributed by atoms with Crippen LogP contribution in [0.2, 0.25) is 0 Å². The number of carbonyl (C=O) groups is 1. The van der Waals surface area contributed by atoms with Gasteiger partial charge in [0.15, 0.2) is 6.61 Å². The molecule has 166 valence electrons. The van der Waals surface area contributed by atoms with E-state index in [1.807, 2.05) is 0 Å². The third-order valence-electron chi connectivity index (χ3n) is 3.89. The van der Waals surface area contributed by atoms with Crippen molar-refractivity contribution in [3.63, 3.8) is 0 Å². The van der Waals surface area contributed by atoms with Crippen molar-refractivity contribution in [1.82, 2.24) is 15.4 Å². The molecule has 0 aliphatic rings. The van der Waals surface area contributed by atoms with Crippen LogP contribution in [0.3, 0.4) is 0 Å². The van der Waals surface area contributed by atoms with Crippen molar-refractivity contribution < 1.29 is 27.6 Å². The van der Waals surface area contributed by atoms with Crippen LogP contribution in [-0.4, -0.2) is 27.4 Å². The maximum atomic E-state index is 12.9. The predicted molar refractivity (Wildman–Crippen MR) is 107 cm³/mol. The lowest BCUT2D eigenvalue weighted by Gasteiger charge is -2.12. The number of aromatic nitrogens is 2. The Kier molecular flexibility index (Phi) is 6.68. The minimum atomic E-state index is -4.59. The number of para-hydroxylation sites is 1. The summed E-state index contributed by atoms with van der Waals surface area (Å²) >= 11 is 0. The summed E-state index contributed by atoms with van der Waals surface area (Å²) in [7, 11) is 0. The number of benzene rings is 2. The Morgan fingerprint density at radius 1 is 1.06 bits per heavy atom. The van der Waals surface area contributed by atoms with Gasteiger partial charge in [-0.15, -0.1) is 0 Å². The van der Waals surface area contributed by atoms with Crippen molar-refractivity contribution in [2.75, 3.05) is 17.3 Å². The molecule has 0 unspecified atom stereocenters. The normalized spacial score (nSPS) is 10.8. The topological polar surface area (TPSA) is 131 Å². The summed E-state index contributed by atoms with van der Waals surface area (Å²) in [5.74, 6) is -0.966. The van der Waals surface area contributed by atoms with Gasteiger partial charge in [-0.05, 0) is 30.3 Å². The summed E-state index contributed by atoms with van der Waals surface area (Å²) < 4.78 is 44.0. The summed E-state index contributed by atoms with van der Waals surface area (Å²) in [5, 5.41) is 14.0. The van der Waals surface area contributed by atoms with Crippen molar-refractivity contribution in [1.29, 1.82) is 0 Å². The number of rotatable bonds is 8. The van der Waals surface area contributed by atoms with Gasteiger partial charge in [0.25, 0.3) is 5.91 Å². The molecule has 0 spiro atoms. The number of anilines is 3. The molecule has 3 aromatic rings. The maximum absolute atomic E-state index is 12.9. The zero-order valence-corrected chi connectivity index (χ0v) is 16.1. The Morgan fingerprint density at radius 2 is 1.78 bits per heavy atom. The number of alkyl halides is 3. The van der Waals surface area contributed by atoms with Gasteiger partial charge in [-0.25, -0.2) is 9.97 Å². The summed E-state index contributed by atoms with van der Waals surface area (Å²) in [6.07, 6.45) is -3.65.